The molecule has 0 atom stereocenters. The van der Waals surface area contributed by atoms with E-state index in [2.05, 4.69) is 0 Å². The van der Waals surface area contributed by atoms with E-state index in [9.17, 15) is 19.2 Å². The van der Waals surface area contributed by atoms with E-state index in [1.807, 2.05) is 86.6 Å². The molecule has 0 spiro atoms. The van der Waals surface area contributed by atoms with Crippen LogP contribution < -0.4 is 9.80 Å². The van der Waals surface area contributed by atoms with Gasteiger partial charge in [0.15, 0.2) is 0 Å². The molecule has 2 aliphatic heterocycles. The zero-order valence-corrected chi connectivity index (χ0v) is 26.2. The fourth-order valence-electron chi connectivity index (χ4n) is 6.45. The van der Waals surface area contributed by atoms with E-state index >= 15 is 0 Å². The van der Waals surface area contributed by atoms with Crippen LogP contribution >= 0.6 is 0 Å². The van der Waals surface area contributed by atoms with Crippen molar-refractivity contribution in [2.75, 3.05) is 9.80 Å². The van der Waals surface area contributed by atoms with E-state index in [0.29, 0.717) is 33.6 Å². The summed E-state index contributed by atoms with van der Waals surface area (Å²) >= 11 is 0. The van der Waals surface area contributed by atoms with Crippen molar-refractivity contribution in [1.82, 2.24) is 0 Å². The van der Waals surface area contributed by atoms with Crippen LogP contribution in [-0.4, -0.2) is 23.6 Å². The van der Waals surface area contributed by atoms with Crippen molar-refractivity contribution in [3.8, 4) is 33.4 Å². The lowest BCUT2D eigenvalue weighted by molar-refractivity contribution is 0.0910. The Morgan fingerprint density at radius 1 is 0.333 bits per heavy atom. The van der Waals surface area contributed by atoms with Gasteiger partial charge in [-0.2, -0.15) is 0 Å². The van der Waals surface area contributed by atoms with Crippen LogP contribution in [0.2, 0.25) is 0 Å². The molecule has 0 saturated heterocycles. The highest BCUT2D eigenvalue weighted by molar-refractivity contribution is 6.35. The number of hydrogen-bond donors (Lipinski definition) is 0. The monoisotopic (exact) mass is 624 g/mol. The molecule has 6 nitrogen and oxygen atoms in total. The lowest BCUT2D eigenvalue weighted by Gasteiger charge is -2.17. The molecule has 0 radical (unpaired) electrons. The first-order chi connectivity index (χ1) is 23.3. The van der Waals surface area contributed by atoms with Gasteiger partial charge in [-0.15, -0.1) is 0 Å². The van der Waals surface area contributed by atoms with Crippen LogP contribution in [0.5, 0.6) is 0 Å². The second-order valence-corrected chi connectivity index (χ2v) is 12.2. The Hall–Kier alpha value is -6.40. The molecule has 0 bridgehead atoms. The number of rotatable bonds is 5. The molecule has 0 fully saturated rings. The lowest BCUT2D eigenvalue weighted by atomic mass is 9.99. The molecule has 2 heterocycles. The maximum absolute atomic E-state index is 13.7. The quantitative estimate of drug-likeness (QED) is 0.180. The van der Waals surface area contributed by atoms with Crippen LogP contribution in [0.1, 0.15) is 52.6 Å². The molecule has 8 rings (SSSR count). The van der Waals surface area contributed by atoms with Gasteiger partial charge in [-0.25, -0.2) is 9.80 Å². The van der Waals surface area contributed by atoms with Crippen LogP contribution in [-0.2, 0) is 0 Å². The normalized spacial score (nSPS) is 13.7. The number of aryl methyl sites for hydroxylation is 2. The minimum absolute atomic E-state index is 0.361. The number of carbonyl (C=O) groups excluding carboxylic acids is 4. The molecule has 4 amide bonds. The van der Waals surface area contributed by atoms with Gasteiger partial charge in [0.05, 0.1) is 33.6 Å². The average molecular weight is 625 g/mol. The summed E-state index contributed by atoms with van der Waals surface area (Å²) in [6.07, 6.45) is 0. The van der Waals surface area contributed by atoms with Crippen molar-refractivity contribution in [1.29, 1.82) is 0 Å². The van der Waals surface area contributed by atoms with Crippen molar-refractivity contribution in [3.05, 3.63) is 167 Å². The van der Waals surface area contributed by atoms with E-state index in [-0.39, 0.29) is 23.6 Å². The summed E-state index contributed by atoms with van der Waals surface area (Å²) in [4.78, 5) is 56.7. The van der Waals surface area contributed by atoms with Crippen LogP contribution in [0.3, 0.4) is 0 Å². The average Bonchev–Trinajstić information content (AvgIpc) is 3.52. The fourth-order valence-corrected chi connectivity index (χ4v) is 6.45. The first kappa shape index (κ1) is 29.0. The van der Waals surface area contributed by atoms with Crippen LogP contribution in [0, 0.1) is 13.8 Å². The maximum atomic E-state index is 13.7. The van der Waals surface area contributed by atoms with Gasteiger partial charge < -0.3 is 0 Å². The Bertz CT molecular complexity index is 2170. The maximum Gasteiger partial charge on any atom is 0.266 e. The molecular weight excluding hydrogens is 596 g/mol. The van der Waals surface area contributed by atoms with Crippen molar-refractivity contribution in [2.45, 2.75) is 13.8 Å². The van der Waals surface area contributed by atoms with E-state index in [1.54, 1.807) is 60.7 Å². The summed E-state index contributed by atoms with van der Waals surface area (Å²) < 4.78 is 0. The molecule has 0 aromatic heterocycles. The van der Waals surface area contributed by atoms with Gasteiger partial charge in [-0.1, -0.05) is 96.1 Å². The summed E-state index contributed by atoms with van der Waals surface area (Å²) in [6, 6.07) is 41.1. The van der Waals surface area contributed by atoms with Crippen molar-refractivity contribution >= 4 is 35.0 Å². The number of nitrogens with zero attached hydrogens (tertiary/aromatic N) is 2. The SMILES string of the molecule is Cc1ccc(-c2ccc3c(c2)C(=O)N(c2cccc(-c4cccc(N5C(=O)c6ccc(-c7ccc(C)cc7)cc6C5=O)c4)c2)C3=O)cc1. The summed E-state index contributed by atoms with van der Waals surface area (Å²) in [7, 11) is 0. The summed E-state index contributed by atoms with van der Waals surface area (Å²) in [5.74, 6) is -1.53. The van der Waals surface area contributed by atoms with Crippen LogP contribution in [0.4, 0.5) is 11.4 Å². The van der Waals surface area contributed by atoms with Gasteiger partial charge in [0.1, 0.15) is 0 Å². The molecule has 48 heavy (non-hydrogen) atoms. The molecule has 6 aromatic carbocycles. The zero-order valence-electron chi connectivity index (χ0n) is 26.2. The Morgan fingerprint density at radius 2 is 0.667 bits per heavy atom. The standard InChI is InChI=1S/C42H28N2O4/c1-25-9-13-27(14-10-25)31-17-19-35-37(23-31)41(47)43(39(35)45)33-7-3-5-29(21-33)30-6-4-8-34(22-30)44-40(46)36-20-18-32(24-38(36)42(44)48)28-15-11-26(2)12-16-28/h3-24H,1-2H3. The number of benzene rings is 6. The number of imide groups is 2. The fraction of sp³-hybridized carbons (Fsp3) is 0.0476. The van der Waals surface area contributed by atoms with Gasteiger partial charge in [0.25, 0.3) is 23.6 Å². The third kappa shape index (κ3) is 4.74. The molecule has 230 valence electrons. The topological polar surface area (TPSA) is 74.8 Å². The Labute approximate surface area is 277 Å². The predicted octanol–water partition coefficient (Wildman–Crippen LogP) is 8.91. The molecule has 6 aromatic rings. The zero-order chi connectivity index (χ0) is 33.1. The predicted molar refractivity (Wildman–Crippen MR) is 187 cm³/mol. The third-order valence-corrected chi connectivity index (χ3v) is 9.08. The van der Waals surface area contributed by atoms with Crippen LogP contribution in [0.25, 0.3) is 33.4 Å². The minimum atomic E-state index is -0.383. The van der Waals surface area contributed by atoms with Gasteiger partial charge in [-0.05, 0) is 95.8 Å². The van der Waals surface area contributed by atoms with E-state index in [1.165, 1.54) is 9.80 Å². The first-order valence-corrected chi connectivity index (χ1v) is 15.7. The molecule has 0 aliphatic carbocycles. The highest BCUT2D eigenvalue weighted by Gasteiger charge is 2.38. The van der Waals surface area contributed by atoms with Gasteiger partial charge >= 0.3 is 0 Å². The largest absolute Gasteiger partial charge is 0.268 e. The highest BCUT2D eigenvalue weighted by atomic mass is 16.2. The third-order valence-electron chi connectivity index (χ3n) is 9.08. The molecule has 0 unspecified atom stereocenters. The highest BCUT2D eigenvalue weighted by Crippen LogP contribution is 2.36. The van der Waals surface area contributed by atoms with Gasteiger partial charge in [-0.3, -0.25) is 19.2 Å². The van der Waals surface area contributed by atoms with Crippen LogP contribution in [0.15, 0.2) is 133 Å². The minimum Gasteiger partial charge on any atom is -0.268 e. The van der Waals surface area contributed by atoms with Gasteiger partial charge in [0.2, 0.25) is 0 Å². The number of amides is 4. The first-order valence-electron chi connectivity index (χ1n) is 15.7. The molecule has 0 saturated carbocycles. The molecule has 0 N–H and O–H groups in total. The number of hydrogen-bond acceptors (Lipinski definition) is 4. The lowest BCUT2D eigenvalue weighted by Crippen LogP contribution is -2.29. The Morgan fingerprint density at radius 3 is 1.06 bits per heavy atom. The smallest absolute Gasteiger partial charge is 0.266 e. The summed E-state index contributed by atoms with van der Waals surface area (Å²) in [5.41, 5.74) is 9.70. The molecule has 2 aliphatic rings. The van der Waals surface area contributed by atoms with Crippen molar-refractivity contribution in [2.24, 2.45) is 0 Å². The number of carbonyl (C=O) groups is 4. The molecular formula is C42H28N2O4. The second kappa shape index (κ2) is 11.1. The van der Waals surface area contributed by atoms with Crippen molar-refractivity contribution in [3.63, 3.8) is 0 Å². The summed E-state index contributed by atoms with van der Waals surface area (Å²) in [5, 5.41) is 0. The van der Waals surface area contributed by atoms with E-state index in [4.69, 9.17) is 0 Å². The van der Waals surface area contributed by atoms with E-state index < -0.39 is 0 Å². The van der Waals surface area contributed by atoms with E-state index in [0.717, 1.165) is 44.5 Å². The number of anilines is 2. The Balaban J connectivity index is 1.08. The van der Waals surface area contributed by atoms with Gasteiger partial charge in [0, 0.05) is 0 Å². The summed E-state index contributed by atoms with van der Waals surface area (Å²) in [6.45, 7) is 4.03. The Kier molecular flexibility index (Phi) is 6.74. The number of fused-ring (bicyclic) bond motifs is 2. The van der Waals surface area contributed by atoms with Crippen molar-refractivity contribution < 1.29 is 19.2 Å². The second-order valence-electron chi connectivity index (χ2n) is 12.2. The molecule has 6 heteroatoms.